The molecule has 0 spiro atoms. The summed E-state index contributed by atoms with van der Waals surface area (Å²) in [6, 6.07) is 11.2. The van der Waals surface area contributed by atoms with Gasteiger partial charge in [-0.05, 0) is 30.2 Å². The van der Waals surface area contributed by atoms with E-state index in [4.69, 9.17) is 5.26 Å². The smallest absolute Gasteiger partial charge is 0.254 e. The zero-order valence-electron chi connectivity index (χ0n) is 16.5. The van der Waals surface area contributed by atoms with E-state index in [0.29, 0.717) is 31.5 Å². The van der Waals surface area contributed by atoms with E-state index in [2.05, 4.69) is 5.10 Å². The number of amides is 2. The van der Waals surface area contributed by atoms with E-state index in [-0.39, 0.29) is 31.3 Å². The quantitative estimate of drug-likeness (QED) is 0.772. The van der Waals surface area contributed by atoms with Crippen molar-refractivity contribution in [1.29, 1.82) is 5.26 Å². The number of aliphatic hydroxyl groups is 1. The lowest BCUT2D eigenvalue weighted by molar-refractivity contribution is -0.132. The third-order valence-corrected chi connectivity index (χ3v) is 5.07. The molecule has 1 aliphatic rings. The van der Waals surface area contributed by atoms with Gasteiger partial charge in [0.2, 0.25) is 5.91 Å². The average Bonchev–Trinajstić information content (AvgIpc) is 3.05. The number of aliphatic hydroxyl groups excluding tert-OH is 1. The predicted molar refractivity (Wildman–Crippen MR) is 107 cm³/mol. The number of nitriles is 1. The molecular formula is C21H25N5O3. The Hall–Kier alpha value is -3.18. The van der Waals surface area contributed by atoms with Gasteiger partial charge in [-0.3, -0.25) is 14.3 Å². The van der Waals surface area contributed by atoms with Crippen molar-refractivity contribution < 1.29 is 14.7 Å². The number of nitrogens with zero attached hydrogens (tertiary/aromatic N) is 5. The highest BCUT2D eigenvalue weighted by molar-refractivity contribution is 5.94. The minimum atomic E-state index is -0.796. The summed E-state index contributed by atoms with van der Waals surface area (Å²) in [6.45, 7) is 1.13. The largest absolute Gasteiger partial charge is 0.389 e. The van der Waals surface area contributed by atoms with E-state index in [1.54, 1.807) is 32.8 Å². The first kappa shape index (κ1) is 20.6. The third-order valence-electron chi connectivity index (χ3n) is 5.07. The fourth-order valence-corrected chi connectivity index (χ4v) is 3.50. The van der Waals surface area contributed by atoms with Crippen LogP contribution in [0.1, 0.15) is 29.6 Å². The Morgan fingerprint density at radius 1 is 1.17 bits per heavy atom. The number of aromatic nitrogens is 2. The second-order valence-electron chi connectivity index (χ2n) is 7.17. The standard InChI is InChI=1S/C21H25N5O3/c1-24-19(9-11-23-24)16-5-7-17(8-6-16)21(29)26-13-12-25(14-18(27)15-26)20(28)4-2-3-10-22/h5-9,11,18,27H,2-4,12-15H2,1H3. The van der Waals surface area contributed by atoms with Crippen molar-refractivity contribution in [1.82, 2.24) is 19.6 Å². The van der Waals surface area contributed by atoms with E-state index in [1.165, 1.54) is 0 Å². The summed E-state index contributed by atoms with van der Waals surface area (Å²) in [5.74, 6) is -0.256. The molecule has 0 saturated carbocycles. The van der Waals surface area contributed by atoms with Crippen molar-refractivity contribution in [3.05, 3.63) is 42.1 Å². The van der Waals surface area contributed by atoms with Crippen molar-refractivity contribution in [3.8, 4) is 17.3 Å². The minimum Gasteiger partial charge on any atom is -0.389 e. The van der Waals surface area contributed by atoms with Gasteiger partial charge in [0, 0.05) is 57.8 Å². The molecule has 29 heavy (non-hydrogen) atoms. The van der Waals surface area contributed by atoms with Crippen molar-refractivity contribution in [2.75, 3.05) is 26.2 Å². The van der Waals surface area contributed by atoms with E-state index in [9.17, 15) is 14.7 Å². The Morgan fingerprint density at radius 2 is 1.86 bits per heavy atom. The molecule has 0 radical (unpaired) electrons. The second-order valence-corrected chi connectivity index (χ2v) is 7.17. The van der Waals surface area contributed by atoms with E-state index >= 15 is 0 Å². The third kappa shape index (κ3) is 5.00. The molecule has 2 amide bonds. The summed E-state index contributed by atoms with van der Waals surface area (Å²) in [6.07, 6.45) is 2.05. The molecule has 1 aromatic heterocycles. The minimum absolute atomic E-state index is 0.0888. The lowest BCUT2D eigenvalue weighted by Gasteiger charge is -2.22. The molecule has 2 aromatic rings. The van der Waals surface area contributed by atoms with Crippen molar-refractivity contribution in [2.24, 2.45) is 7.05 Å². The Kier molecular flexibility index (Phi) is 6.62. The molecular weight excluding hydrogens is 370 g/mol. The fraction of sp³-hybridized carbons (Fsp3) is 0.429. The van der Waals surface area contributed by atoms with Gasteiger partial charge in [0.1, 0.15) is 0 Å². The number of carbonyl (C=O) groups excluding carboxylic acids is 2. The SMILES string of the molecule is Cn1nccc1-c1ccc(C(=O)N2CCN(C(=O)CCCC#N)CC(O)C2)cc1. The van der Waals surface area contributed by atoms with Crippen molar-refractivity contribution in [3.63, 3.8) is 0 Å². The molecule has 0 bridgehead atoms. The van der Waals surface area contributed by atoms with Gasteiger partial charge in [-0.15, -0.1) is 0 Å². The van der Waals surface area contributed by atoms with Gasteiger partial charge in [-0.25, -0.2) is 0 Å². The van der Waals surface area contributed by atoms with Crippen LogP contribution in [-0.2, 0) is 11.8 Å². The Labute approximate surface area is 169 Å². The van der Waals surface area contributed by atoms with Crippen molar-refractivity contribution in [2.45, 2.75) is 25.4 Å². The van der Waals surface area contributed by atoms with Crippen LogP contribution in [-0.4, -0.2) is 68.8 Å². The molecule has 8 nitrogen and oxygen atoms in total. The molecule has 1 saturated heterocycles. The molecule has 3 rings (SSSR count). The maximum atomic E-state index is 12.9. The van der Waals surface area contributed by atoms with Crippen LogP contribution < -0.4 is 0 Å². The van der Waals surface area contributed by atoms with E-state index in [1.807, 2.05) is 31.3 Å². The van der Waals surface area contributed by atoms with Crippen LogP contribution in [0, 0.1) is 11.3 Å². The number of hydrogen-bond donors (Lipinski definition) is 1. The molecule has 1 N–H and O–H groups in total. The molecule has 1 aliphatic heterocycles. The summed E-state index contributed by atoms with van der Waals surface area (Å²) >= 11 is 0. The monoisotopic (exact) mass is 395 g/mol. The second kappa shape index (κ2) is 9.34. The lowest BCUT2D eigenvalue weighted by Crippen LogP contribution is -2.37. The number of unbranched alkanes of at least 4 members (excludes halogenated alkanes) is 1. The maximum absolute atomic E-state index is 12.9. The first-order valence-corrected chi connectivity index (χ1v) is 9.70. The number of rotatable bonds is 5. The number of β-amino-alcohol motifs (C(OH)–C–C–N with tert-alkyl or cyclic N) is 1. The fourth-order valence-electron chi connectivity index (χ4n) is 3.50. The van der Waals surface area contributed by atoms with Crippen LogP contribution in [0.3, 0.4) is 0 Å². The zero-order chi connectivity index (χ0) is 20.8. The summed E-state index contributed by atoms with van der Waals surface area (Å²) in [7, 11) is 1.86. The average molecular weight is 395 g/mol. The summed E-state index contributed by atoms with van der Waals surface area (Å²) < 4.78 is 1.77. The van der Waals surface area contributed by atoms with Gasteiger partial charge in [0.05, 0.1) is 17.9 Å². The maximum Gasteiger partial charge on any atom is 0.254 e. The van der Waals surface area contributed by atoms with Gasteiger partial charge < -0.3 is 14.9 Å². The highest BCUT2D eigenvalue weighted by Crippen LogP contribution is 2.20. The van der Waals surface area contributed by atoms with E-state index in [0.717, 1.165) is 11.3 Å². The Balaban J connectivity index is 1.64. The van der Waals surface area contributed by atoms with E-state index < -0.39 is 6.10 Å². The predicted octanol–water partition coefficient (Wildman–Crippen LogP) is 1.43. The zero-order valence-corrected chi connectivity index (χ0v) is 16.5. The summed E-state index contributed by atoms with van der Waals surface area (Å²) in [4.78, 5) is 28.4. The van der Waals surface area contributed by atoms with Gasteiger partial charge in [0.25, 0.3) is 5.91 Å². The van der Waals surface area contributed by atoms with Gasteiger partial charge in [-0.1, -0.05) is 12.1 Å². The van der Waals surface area contributed by atoms with Gasteiger partial charge in [0.15, 0.2) is 0 Å². The van der Waals surface area contributed by atoms with Crippen LogP contribution in [0.25, 0.3) is 11.3 Å². The summed E-state index contributed by atoms with van der Waals surface area (Å²) in [5.41, 5.74) is 2.46. The van der Waals surface area contributed by atoms with Crippen LogP contribution >= 0.6 is 0 Å². The van der Waals surface area contributed by atoms with Gasteiger partial charge in [-0.2, -0.15) is 10.4 Å². The van der Waals surface area contributed by atoms with Gasteiger partial charge >= 0.3 is 0 Å². The molecule has 152 valence electrons. The Bertz CT molecular complexity index is 900. The van der Waals surface area contributed by atoms with Crippen LogP contribution in [0.5, 0.6) is 0 Å². The molecule has 1 aromatic carbocycles. The van der Waals surface area contributed by atoms with Crippen molar-refractivity contribution >= 4 is 11.8 Å². The van der Waals surface area contributed by atoms with Crippen LogP contribution in [0.2, 0.25) is 0 Å². The molecule has 2 heterocycles. The Morgan fingerprint density at radius 3 is 2.52 bits per heavy atom. The molecule has 0 aliphatic carbocycles. The topological polar surface area (TPSA) is 102 Å². The number of benzene rings is 1. The lowest BCUT2D eigenvalue weighted by atomic mass is 10.1. The molecule has 1 fully saturated rings. The normalized spacial score (nSPS) is 16.9. The molecule has 1 atom stereocenters. The number of aryl methyl sites for hydroxylation is 1. The number of hydrogen-bond acceptors (Lipinski definition) is 5. The molecule has 1 unspecified atom stereocenters. The highest BCUT2D eigenvalue weighted by atomic mass is 16.3. The number of carbonyl (C=O) groups is 2. The van der Waals surface area contributed by atoms with Crippen LogP contribution in [0.15, 0.2) is 36.5 Å². The van der Waals surface area contributed by atoms with Crippen LogP contribution in [0.4, 0.5) is 0 Å². The first-order chi connectivity index (χ1) is 14.0. The highest BCUT2D eigenvalue weighted by Gasteiger charge is 2.27. The molecule has 8 heteroatoms. The first-order valence-electron chi connectivity index (χ1n) is 9.70. The summed E-state index contributed by atoms with van der Waals surface area (Å²) in [5, 5.41) is 23.1.